The minimum Gasteiger partial charge on any atom is -0.478 e. The van der Waals surface area contributed by atoms with Crippen molar-refractivity contribution in [3.8, 4) is 0 Å². The van der Waals surface area contributed by atoms with Gasteiger partial charge in [0.25, 0.3) is 0 Å². The molecule has 0 radical (unpaired) electrons. The van der Waals surface area contributed by atoms with Crippen molar-refractivity contribution in [2.45, 2.75) is 19.4 Å². The van der Waals surface area contributed by atoms with Crippen LogP contribution in [0, 0.1) is 6.92 Å². The smallest absolute Gasteiger partial charge is 0.335 e. The van der Waals surface area contributed by atoms with Crippen LogP contribution in [0.4, 0.5) is 17.5 Å². The predicted octanol–water partition coefficient (Wildman–Crippen LogP) is 1.83. The molecule has 1 unspecified atom stereocenters. The number of hydrogen-bond acceptors (Lipinski definition) is 7. The van der Waals surface area contributed by atoms with Gasteiger partial charge in [0.05, 0.1) is 17.1 Å². The number of aryl methyl sites for hydroxylation is 1. The summed E-state index contributed by atoms with van der Waals surface area (Å²) in [6, 6.07) is 7.87. The summed E-state index contributed by atoms with van der Waals surface area (Å²) in [5.74, 6) is 0.189. The highest BCUT2D eigenvalue weighted by Gasteiger charge is 2.28. The SMILES string of the molecule is Cc1cc(Nc2ccc(C(=O)O)cc2)nc(NC2CCS(=O)(=O)C2)n1. The zero-order chi connectivity index (χ0) is 18.0. The Labute approximate surface area is 145 Å². The number of carbonyl (C=O) groups is 1. The van der Waals surface area contributed by atoms with Crippen LogP contribution in [0.1, 0.15) is 22.5 Å². The van der Waals surface area contributed by atoms with Crippen LogP contribution in [-0.4, -0.2) is 47.0 Å². The molecule has 0 aliphatic carbocycles. The Morgan fingerprint density at radius 3 is 2.56 bits per heavy atom. The molecule has 2 heterocycles. The molecule has 0 saturated carbocycles. The first kappa shape index (κ1) is 17.2. The second kappa shape index (κ2) is 6.67. The lowest BCUT2D eigenvalue weighted by atomic mass is 10.2. The fourth-order valence-corrected chi connectivity index (χ4v) is 4.31. The van der Waals surface area contributed by atoms with Gasteiger partial charge in [-0.15, -0.1) is 0 Å². The predicted molar refractivity (Wildman–Crippen MR) is 94.1 cm³/mol. The fourth-order valence-electron chi connectivity index (χ4n) is 2.63. The minimum atomic E-state index is -2.98. The number of aromatic carboxylic acids is 1. The fraction of sp³-hybridized carbons (Fsp3) is 0.312. The summed E-state index contributed by atoms with van der Waals surface area (Å²) in [5, 5.41) is 15.1. The van der Waals surface area contributed by atoms with Crippen molar-refractivity contribution in [1.29, 1.82) is 0 Å². The van der Waals surface area contributed by atoms with Gasteiger partial charge in [-0.25, -0.2) is 18.2 Å². The number of sulfone groups is 1. The second-order valence-electron chi connectivity index (χ2n) is 5.97. The van der Waals surface area contributed by atoms with Crippen molar-refractivity contribution in [2.75, 3.05) is 22.1 Å². The van der Waals surface area contributed by atoms with E-state index in [4.69, 9.17) is 5.11 Å². The van der Waals surface area contributed by atoms with E-state index in [9.17, 15) is 13.2 Å². The lowest BCUT2D eigenvalue weighted by Gasteiger charge is -2.13. The molecule has 0 bridgehead atoms. The van der Waals surface area contributed by atoms with E-state index in [2.05, 4.69) is 20.6 Å². The number of aromatic nitrogens is 2. The summed E-state index contributed by atoms with van der Waals surface area (Å²) in [7, 11) is -2.98. The molecule has 1 fully saturated rings. The van der Waals surface area contributed by atoms with E-state index in [0.29, 0.717) is 23.9 Å². The topological polar surface area (TPSA) is 121 Å². The van der Waals surface area contributed by atoms with Crippen molar-refractivity contribution in [3.05, 3.63) is 41.6 Å². The molecule has 1 aliphatic rings. The molecular formula is C16H18N4O4S. The van der Waals surface area contributed by atoms with Crippen LogP contribution >= 0.6 is 0 Å². The molecule has 0 spiro atoms. The van der Waals surface area contributed by atoms with E-state index in [-0.39, 0.29) is 23.1 Å². The number of nitrogens with zero attached hydrogens (tertiary/aromatic N) is 2. The van der Waals surface area contributed by atoms with Gasteiger partial charge in [0.2, 0.25) is 5.95 Å². The molecule has 1 aliphatic heterocycles. The van der Waals surface area contributed by atoms with Crippen molar-refractivity contribution >= 4 is 33.3 Å². The van der Waals surface area contributed by atoms with Gasteiger partial charge in [0.1, 0.15) is 5.82 Å². The number of carboxylic acids is 1. The van der Waals surface area contributed by atoms with Gasteiger partial charge in [-0.1, -0.05) is 0 Å². The van der Waals surface area contributed by atoms with Crippen LogP contribution in [0.5, 0.6) is 0 Å². The van der Waals surface area contributed by atoms with Crippen LogP contribution in [0.2, 0.25) is 0 Å². The van der Waals surface area contributed by atoms with Crippen LogP contribution in [0.15, 0.2) is 30.3 Å². The number of nitrogens with one attached hydrogen (secondary N) is 2. The third-order valence-electron chi connectivity index (χ3n) is 3.82. The maximum absolute atomic E-state index is 11.5. The molecule has 3 rings (SSSR count). The Hall–Kier alpha value is -2.68. The minimum absolute atomic E-state index is 0.0870. The first-order chi connectivity index (χ1) is 11.8. The molecule has 132 valence electrons. The van der Waals surface area contributed by atoms with Gasteiger partial charge in [-0.3, -0.25) is 0 Å². The number of carboxylic acid groups (broad SMARTS) is 1. The monoisotopic (exact) mass is 362 g/mol. The van der Waals surface area contributed by atoms with Crippen LogP contribution < -0.4 is 10.6 Å². The van der Waals surface area contributed by atoms with Gasteiger partial charge in [-0.05, 0) is 37.6 Å². The molecule has 1 aromatic carbocycles. The highest BCUT2D eigenvalue weighted by Crippen LogP contribution is 2.20. The molecular weight excluding hydrogens is 344 g/mol. The summed E-state index contributed by atoms with van der Waals surface area (Å²) in [6.07, 6.45) is 0.541. The van der Waals surface area contributed by atoms with E-state index in [1.807, 2.05) is 6.92 Å². The van der Waals surface area contributed by atoms with Crippen molar-refractivity contribution in [3.63, 3.8) is 0 Å². The average molecular weight is 362 g/mol. The molecule has 25 heavy (non-hydrogen) atoms. The molecule has 8 nitrogen and oxygen atoms in total. The Morgan fingerprint density at radius 2 is 1.96 bits per heavy atom. The van der Waals surface area contributed by atoms with Gasteiger partial charge < -0.3 is 15.7 Å². The Kier molecular flexibility index (Phi) is 4.58. The van der Waals surface area contributed by atoms with Crippen molar-refractivity contribution in [1.82, 2.24) is 9.97 Å². The van der Waals surface area contributed by atoms with Crippen LogP contribution in [0.25, 0.3) is 0 Å². The number of rotatable bonds is 5. The third kappa shape index (κ3) is 4.44. The van der Waals surface area contributed by atoms with E-state index >= 15 is 0 Å². The summed E-state index contributed by atoms with van der Waals surface area (Å²) in [6.45, 7) is 1.82. The Balaban J connectivity index is 1.74. The molecule has 0 amide bonds. The highest BCUT2D eigenvalue weighted by atomic mass is 32.2. The van der Waals surface area contributed by atoms with E-state index in [0.717, 1.165) is 5.69 Å². The maximum atomic E-state index is 11.5. The normalized spacial score (nSPS) is 18.7. The molecule has 1 aromatic heterocycles. The number of hydrogen-bond donors (Lipinski definition) is 3. The average Bonchev–Trinajstić information content (AvgIpc) is 2.86. The third-order valence-corrected chi connectivity index (χ3v) is 5.59. The summed E-state index contributed by atoms with van der Waals surface area (Å²) in [5.41, 5.74) is 1.62. The summed E-state index contributed by atoms with van der Waals surface area (Å²) < 4.78 is 23.1. The standard InChI is InChI=1S/C16H18N4O4S/c1-10-8-14(18-12-4-2-11(3-5-12)15(21)22)20-16(17-10)19-13-6-7-25(23,24)9-13/h2-5,8,13H,6-7,9H2,1H3,(H,21,22)(H2,17,18,19,20). The molecule has 3 N–H and O–H groups in total. The first-order valence-electron chi connectivity index (χ1n) is 7.74. The molecule has 9 heteroatoms. The highest BCUT2D eigenvalue weighted by molar-refractivity contribution is 7.91. The van der Waals surface area contributed by atoms with Crippen LogP contribution in [-0.2, 0) is 9.84 Å². The van der Waals surface area contributed by atoms with Crippen molar-refractivity contribution in [2.24, 2.45) is 0 Å². The quantitative estimate of drug-likeness (QED) is 0.736. The zero-order valence-electron chi connectivity index (χ0n) is 13.6. The summed E-state index contributed by atoms with van der Waals surface area (Å²) >= 11 is 0. The Bertz CT molecular complexity index is 897. The molecule has 2 aromatic rings. The van der Waals surface area contributed by atoms with E-state index < -0.39 is 15.8 Å². The summed E-state index contributed by atoms with van der Waals surface area (Å²) in [4.78, 5) is 19.5. The van der Waals surface area contributed by atoms with Crippen molar-refractivity contribution < 1.29 is 18.3 Å². The lowest BCUT2D eigenvalue weighted by Crippen LogP contribution is -2.22. The first-order valence-corrected chi connectivity index (χ1v) is 9.56. The zero-order valence-corrected chi connectivity index (χ0v) is 14.4. The Morgan fingerprint density at radius 1 is 1.24 bits per heavy atom. The van der Waals surface area contributed by atoms with Gasteiger partial charge in [0, 0.05) is 23.5 Å². The number of benzene rings is 1. The molecule has 1 saturated heterocycles. The van der Waals surface area contributed by atoms with E-state index in [1.165, 1.54) is 12.1 Å². The van der Waals surface area contributed by atoms with Gasteiger partial charge in [-0.2, -0.15) is 4.98 Å². The van der Waals surface area contributed by atoms with Gasteiger partial charge >= 0.3 is 5.97 Å². The van der Waals surface area contributed by atoms with E-state index in [1.54, 1.807) is 18.2 Å². The second-order valence-corrected chi connectivity index (χ2v) is 8.20. The lowest BCUT2D eigenvalue weighted by molar-refractivity contribution is 0.0697. The van der Waals surface area contributed by atoms with Crippen LogP contribution in [0.3, 0.4) is 0 Å². The van der Waals surface area contributed by atoms with Gasteiger partial charge in [0.15, 0.2) is 9.84 Å². The number of anilines is 3. The largest absolute Gasteiger partial charge is 0.478 e. The maximum Gasteiger partial charge on any atom is 0.335 e. The molecule has 1 atom stereocenters.